The highest BCUT2D eigenvalue weighted by Crippen LogP contribution is 2.49. The molecule has 5 rings (SSSR count). The maximum atomic E-state index is 12.6. The molecule has 102 valence electrons. The number of fused-ring (bicyclic) bond motifs is 1. The zero-order valence-electron chi connectivity index (χ0n) is 11.2. The van der Waals surface area contributed by atoms with Crippen LogP contribution in [0.2, 0.25) is 0 Å². The number of amides is 2. The molecule has 20 heavy (non-hydrogen) atoms. The van der Waals surface area contributed by atoms with Gasteiger partial charge in [0.1, 0.15) is 0 Å². The molecule has 1 aromatic rings. The van der Waals surface area contributed by atoms with E-state index < -0.39 is 0 Å². The van der Waals surface area contributed by atoms with E-state index in [9.17, 15) is 9.59 Å². The maximum absolute atomic E-state index is 12.6. The molecule has 1 heterocycles. The maximum Gasteiger partial charge on any atom is 0.234 e. The highest BCUT2D eigenvalue weighted by atomic mass is 16.2. The summed E-state index contributed by atoms with van der Waals surface area (Å²) < 4.78 is 0. The number of carbonyl (C=O) groups is 2. The molecule has 3 aliphatic carbocycles. The largest absolute Gasteiger partial charge is 0.278 e. The summed E-state index contributed by atoms with van der Waals surface area (Å²) in [5.41, 5.74) is 1.02. The predicted octanol–water partition coefficient (Wildman–Crippen LogP) is 2.38. The highest BCUT2D eigenvalue weighted by molar-refractivity contribution is 6.05. The molecule has 4 aliphatic rings. The fraction of sp³-hybridized carbons (Fsp3) is 0.412. The van der Waals surface area contributed by atoms with Crippen molar-refractivity contribution in [3.63, 3.8) is 0 Å². The molecule has 1 aliphatic heterocycles. The summed E-state index contributed by atoms with van der Waals surface area (Å²) in [5.74, 6) is 0.472. The van der Waals surface area contributed by atoms with Gasteiger partial charge in [0.2, 0.25) is 11.8 Å². The van der Waals surface area contributed by atoms with Gasteiger partial charge in [-0.3, -0.25) is 14.5 Å². The summed E-state index contributed by atoms with van der Waals surface area (Å²) in [6, 6.07) is 9.77. The van der Waals surface area contributed by atoms with E-state index in [0.717, 1.165) is 18.4 Å². The van der Waals surface area contributed by atoms with Gasteiger partial charge in [-0.2, -0.15) is 0 Å². The molecule has 0 N–H and O–H groups in total. The van der Waals surface area contributed by atoms with Gasteiger partial charge >= 0.3 is 0 Å². The third-order valence-corrected chi connectivity index (χ3v) is 5.03. The number of allylic oxidation sites excluding steroid dienone is 2. The summed E-state index contributed by atoms with van der Waals surface area (Å²) in [6.45, 7) is 0.422. The second-order valence-electron chi connectivity index (χ2n) is 6.09. The lowest BCUT2D eigenvalue weighted by Crippen LogP contribution is -2.38. The van der Waals surface area contributed by atoms with Crippen molar-refractivity contribution in [1.82, 2.24) is 4.90 Å². The average Bonchev–Trinajstić information content (AvgIpc) is 2.77. The monoisotopic (exact) mass is 267 g/mol. The van der Waals surface area contributed by atoms with Gasteiger partial charge < -0.3 is 0 Å². The second-order valence-corrected chi connectivity index (χ2v) is 6.09. The van der Waals surface area contributed by atoms with E-state index in [1.807, 2.05) is 30.3 Å². The van der Waals surface area contributed by atoms with E-state index in [1.165, 1.54) is 4.90 Å². The van der Waals surface area contributed by atoms with Crippen LogP contribution in [0.3, 0.4) is 0 Å². The Bertz CT molecular complexity index is 560. The van der Waals surface area contributed by atoms with Gasteiger partial charge in [-0.15, -0.1) is 0 Å². The number of imide groups is 1. The van der Waals surface area contributed by atoms with Gasteiger partial charge in [0.05, 0.1) is 18.4 Å². The molecule has 4 atom stereocenters. The second kappa shape index (κ2) is 4.30. The van der Waals surface area contributed by atoms with Gasteiger partial charge in [-0.05, 0) is 30.2 Å². The summed E-state index contributed by atoms with van der Waals surface area (Å²) >= 11 is 0. The first-order valence-corrected chi connectivity index (χ1v) is 7.33. The highest BCUT2D eigenvalue weighted by Gasteiger charge is 2.56. The van der Waals surface area contributed by atoms with Crippen LogP contribution >= 0.6 is 0 Å². The number of carbonyl (C=O) groups excluding carboxylic acids is 2. The first kappa shape index (κ1) is 11.9. The zero-order chi connectivity index (χ0) is 13.7. The van der Waals surface area contributed by atoms with E-state index >= 15 is 0 Å². The van der Waals surface area contributed by atoms with E-state index in [4.69, 9.17) is 0 Å². The van der Waals surface area contributed by atoms with Crippen molar-refractivity contribution in [3.05, 3.63) is 48.0 Å². The first-order valence-electron chi connectivity index (χ1n) is 7.33. The minimum atomic E-state index is -0.0880. The zero-order valence-corrected chi connectivity index (χ0v) is 11.2. The van der Waals surface area contributed by atoms with Gasteiger partial charge in [-0.25, -0.2) is 0 Å². The average molecular weight is 267 g/mol. The van der Waals surface area contributed by atoms with Crippen molar-refractivity contribution in [2.75, 3.05) is 0 Å². The van der Waals surface area contributed by atoms with Crippen molar-refractivity contribution in [3.8, 4) is 0 Å². The fourth-order valence-corrected chi connectivity index (χ4v) is 4.06. The van der Waals surface area contributed by atoms with Crippen LogP contribution in [0.25, 0.3) is 0 Å². The number of hydrogen-bond acceptors (Lipinski definition) is 2. The minimum absolute atomic E-state index is 0.0444. The molecule has 2 fully saturated rings. The number of rotatable bonds is 2. The van der Waals surface area contributed by atoms with E-state index in [1.54, 1.807) is 0 Å². The SMILES string of the molecule is O=C1[C@H]2[C@H](C(=O)N1Cc1ccccc1)[C@@H]1C=C[C@@H]2CC1. The van der Waals surface area contributed by atoms with Crippen LogP contribution in [-0.2, 0) is 16.1 Å². The van der Waals surface area contributed by atoms with Gasteiger partial charge in [-0.1, -0.05) is 42.5 Å². The molecule has 1 aromatic carbocycles. The smallest absolute Gasteiger partial charge is 0.234 e. The molecular formula is C17H17NO2. The lowest BCUT2D eigenvalue weighted by atomic mass is 9.63. The van der Waals surface area contributed by atoms with Gasteiger partial charge in [0.25, 0.3) is 0 Å². The first-order chi connectivity index (χ1) is 9.75. The quantitative estimate of drug-likeness (QED) is 0.609. The Labute approximate surface area is 118 Å². The number of benzene rings is 1. The molecular weight excluding hydrogens is 250 g/mol. The van der Waals surface area contributed by atoms with Gasteiger partial charge in [0, 0.05) is 0 Å². The molecule has 2 bridgehead atoms. The van der Waals surface area contributed by atoms with Crippen molar-refractivity contribution in [1.29, 1.82) is 0 Å². The van der Waals surface area contributed by atoms with E-state index in [-0.39, 0.29) is 35.5 Å². The van der Waals surface area contributed by atoms with Crippen LogP contribution in [0.1, 0.15) is 18.4 Å². The summed E-state index contributed by atoms with van der Waals surface area (Å²) in [6.07, 6.45) is 6.43. The van der Waals surface area contributed by atoms with Crippen molar-refractivity contribution in [2.24, 2.45) is 23.7 Å². The molecule has 0 spiro atoms. The van der Waals surface area contributed by atoms with Crippen LogP contribution in [-0.4, -0.2) is 16.7 Å². The Morgan fingerprint density at radius 2 is 1.45 bits per heavy atom. The Hall–Kier alpha value is -1.90. The van der Waals surface area contributed by atoms with E-state index in [0.29, 0.717) is 6.54 Å². The molecule has 0 radical (unpaired) electrons. The Balaban J connectivity index is 1.64. The third-order valence-electron chi connectivity index (χ3n) is 5.03. The summed E-state index contributed by atoms with van der Waals surface area (Å²) in [4.78, 5) is 26.7. The number of hydrogen-bond donors (Lipinski definition) is 0. The Morgan fingerprint density at radius 1 is 0.900 bits per heavy atom. The van der Waals surface area contributed by atoms with Crippen LogP contribution in [0.4, 0.5) is 0 Å². The molecule has 0 unspecified atom stereocenters. The summed E-state index contributed by atoms with van der Waals surface area (Å²) in [7, 11) is 0. The lowest BCUT2D eigenvalue weighted by molar-refractivity contribution is -0.140. The van der Waals surface area contributed by atoms with Crippen molar-refractivity contribution < 1.29 is 9.59 Å². The van der Waals surface area contributed by atoms with Crippen LogP contribution < -0.4 is 0 Å². The lowest BCUT2D eigenvalue weighted by Gasteiger charge is -2.38. The van der Waals surface area contributed by atoms with Crippen LogP contribution in [0.15, 0.2) is 42.5 Å². The normalized spacial score (nSPS) is 34.7. The topological polar surface area (TPSA) is 37.4 Å². The fourth-order valence-electron chi connectivity index (χ4n) is 4.06. The minimum Gasteiger partial charge on any atom is -0.278 e. The molecule has 2 amide bonds. The number of likely N-dealkylation sites (tertiary alicyclic amines) is 1. The van der Waals surface area contributed by atoms with Crippen molar-refractivity contribution >= 4 is 11.8 Å². The molecule has 1 saturated heterocycles. The van der Waals surface area contributed by atoms with Gasteiger partial charge in [0.15, 0.2) is 0 Å². The van der Waals surface area contributed by atoms with E-state index in [2.05, 4.69) is 12.2 Å². The summed E-state index contributed by atoms with van der Waals surface area (Å²) in [5, 5.41) is 0. The van der Waals surface area contributed by atoms with Crippen LogP contribution in [0.5, 0.6) is 0 Å². The molecule has 3 nitrogen and oxygen atoms in total. The predicted molar refractivity (Wildman–Crippen MR) is 74.3 cm³/mol. The number of nitrogens with zero attached hydrogens (tertiary/aromatic N) is 1. The molecule has 3 heteroatoms. The molecule has 0 aromatic heterocycles. The Morgan fingerprint density at radius 3 is 1.95 bits per heavy atom. The standard InChI is InChI=1S/C17H17NO2/c19-16-14-12-6-7-13(9-8-12)15(14)17(20)18(16)10-11-4-2-1-3-5-11/h1-7,12-15H,8-10H2/t12-,13-,14-,15-/m1/s1. The van der Waals surface area contributed by atoms with Crippen molar-refractivity contribution in [2.45, 2.75) is 19.4 Å². The molecule has 1 saturated carbocycles. The Kier molecular flexibility index (Phi) is 2.56. The van der Waals surface area contributed by atoms with Crippen LogP contribution in [0, 0.1) is 23.7 Å². The third kappa shape index (κ3) is 1.59.